The molecule has 0 fully saturated rings. The Labute approximate surface area is 151 Å². The first kappa shape index (κ1) is 16.2. The van der Waals surface area contributed by atoms with Gasteiger partial charge in [-0.05, 0) is 47.9 Å². The van der Waals surface area contributed by atoms with Crippen LogP contribution >= 0.6 is 0 Å². The molecule has 0 aliphatic rings. The third kappa shape index (κ3) is 2.78. The van der Waals surface area contributed by atoms with Gasteiger partial charge in [-0.1, -0.05) is 48.5 Å². The van der Waals surface area contributed by atoms with E-state index in [0.29, 0.717) is 22.3 Å². The van der Waals surface area contributed by atoms with Gasteiger partial charge < -0.3 is 9.15 Å². The zero-order chi connectivity index (χ0) is 18.1. The second-order valence-corrected chi connectivity index (χ2v) is 6.17. The number of methoxy groups -OCH3 is 1. The Morgan fingerprint density at radius 2 is 1.50 bits per heavy atom. The summed E-state index contributed by atoms with van der Waals surface area (Å²) in [5, 5.41) is 0.586. The molecule has 1 aromatic heterocycles. The molecule has 26 heavy (non-hydrogen) atoms. The van der Waals surface area contributed by atoms with E-state index in [4.69, 9.17) is 9.15 Å². The number of benzene rings is 3. The van der Waals surface area contributed by atoms with Crippen LogP contribution in [-0.4, -0.2) is 7.11 Å². The van der Waals surface area contributed by atoms with Gasteiger partial charge in [-0.25, -0.2) is 0 Å². The van der Waals surface area contributed by atoms with Gasteiger partial charge in [-0.3, -0.25) is 4.79 Å². The molecular formula is C23H18O3. The standard InChI is InChI=1S/C23H18O3/c1-15-22(17-8-11-19(25-2)12-9-17)23(24)20-14-18(10-13-21(20)26-15)16-6-4-3-5-7-16/h3-14H,1-2H3. The Morgan fingerprint density at radius 1 is 0.808 bits per heavy atom. The number of aryl methyl sites for hydroxylation is 1. The molecule has 0 amide bonds. The van der Waals surface area contributed by atoms with E-state index in [1.54, 1.807) is 7.11 Å². The largest absolute Gasteiger partial charge is 0.497 e. The van der Waals surface area contributed by atoms with Crippen LogP contribution in [0.5, 0.6) is 5.75 Å². The van der Waals surface area contributed by atoms with Gasteiger partial charge in [0.25, 0.3) is 0 Å². The van der Waals surface area contributed by atoms with Gasteiger partial charge in [-0.15, -0.1) is 0 Å². The lowest BCUT2D eigenvalue weighted by molar-refractivity contribution is 0.415. The molecule has 0 spiro atoms. The van der Waals surface area contributed by atoms with Crippen molar-refractivity contribution >= 4 is 11.0 Å². The van der Waals surface area contributed by atoms with E-state index in [-0.39, 0.29) is 5.43 Å². The van der Waals surface area contributed by atoms with E-state index < -0.39 is 0 Å². The van der Waals surface area contributed by atoms with Crippen LogP contribution in [0.2, 0.25) is 0 Å². The van der Waals surface area contributed by atoms with E-state index in [1.807, 2.05) is 79.7 Å². The monoisotopic (exact) mass is 342 g/mol. The van der Waals surface area contributed by atoms with Gasteiger partial charge in [0.15, 0.2) is 0 Å². The van der Waals surface area contributed by atoms with E-state index >= 15 is 0 Å². The maximum Gasteiger partial charge on any atom is 0.200 e. The summed E-state index contributed by atoms with van der Waals surface area (Å²) in [6, 6.07) is 23.2. The molecule has 3 aromatic carbocycles. The zero-order valence-electron chi connectivity index (χ0n) is 14.7. The van der Waals surface area contributed by atoms with Crippen molar-refractivity contribution in [2.75, 3.05) is 7.11 Å². The molecule has 0 aliphatic carbocycles. The molecule has 3 heteroatoms. The van der Waals surface area contributed by atoms with E-state index in [0.717, 1.165) is 22.4 Å². The number of rotatable bonds is 3. The van der Waals surface area contributed by atoms with Crippen molar-refractivity contribution in [2.24, 2.45) is 0 Å². The zero-order valence-corrected chi connectivity index (χ0v) is 14.7. The molecule has 0 unspecified atom stereocenters. The summed E-state index contributed by atoms with van der Waals surface area (Å²) in [6.45, 7) is 1.82. The number of hydrogen-bond acceptors (Lipinski definition) is 3. The van der Waals surface area contributed by atoms with Crippen molar-refractivity contribution < 1.29 is 9.15 Å². The molecule has 0 saturated carbocycles. The van der Waals surface area contributed by atoms with Crippen molar-refractivity contribution in [2.45, 2.75) is 6.92 Å². The van der Waals surface area contributed by atoms with Crippen LogP contribution in [0.25, 0.3) is 33.2 Å². The molecule has 4 aromatic rings. The predicted molar refractivity (Wildman–Crippen MR) is 105 cm³/mol. The van der Waals surface area contributed by atoms with Crippen LogP contribution in [0.1, 0.15) is 5.76 Å². The highest BCUT2D eigenvalue weighted by atomic mass is 16.5. The fourth-order valence-electron chi connectivity index (χ4n) is 3.21. The molecular weight excluding hydrogens is 324 g/mol. The van der Waals surface area contributed by atoms with Crippen LogP contribution in [0.15, 0.2) is 82.0 Å². The number of fused-ring (bicyclic) bond motifs is 1. The second kappa shape index (κ2) is 6.52. The molecule has 1 heterocycles. The van der Waals surface area contributed by atoms with E-state index in [1.165, 1.54) is 0 Å². The third-order valence-electron chi connectivity index (χ3n) is 4.55. The topological polar surface area (TPSA) is 39.4 Å². The Hall–Kier alpha value is -3.33. The maximum absolute atomic E-state index is 13.2. The molecule has 0 saturated heterocycles. The van der Waals surface area contributed by atoms with Crippen LogP contribution in [0.3, 0.4) is 0 Å². The van der Waals surface area contributed by atoms with Crippen molar-refractivity contribution in [3.8, 4) is 28.0 Å². The highest BCUT2D eigenvalue weighted by Crippen LogP contribution is 2.28. The molecule has 128 valence electrons. The Morgan fingerprint density at radius 3 is 2.19 bits per heavy atom. The summed E-state index contributed by atoms with van der Waals surface area (Å²) in [6.07, 6.45) is 0. The summed E-state index contributed by atoms with van der Waals surface area (Å²) >= 11 is 0. The molecule has 0 N–H and O–H groups in total. The summed E-state index contributed by atoms with van der Waals surface area (Å²) in [5.41, 5.74) is 4.06. The van der Waals surface area contributed by atoms with Gasteiger partial charge in [0.05, 0.1) is 18.1 Å². The van der Waals surface area contributed by atoms with Gasteiger partial charge in [0, 0.05) is 0 Å². The van der Waals surface area contributed by atoms with Crippen LogP contribution in [0, 0.1) is 6.92 Å². The Kier molecular flexibility index (Phi) is 4.05. The fraction of sp³-hybridized carbons (Fsp3) is 0.0870. The van der Waals surface area contributed by atoms with Crippen molar-refractivity contribution in [3.63, 3.8) is 0 Å². The Balaban J connectivity index is 1.92. The highest BCUT2D eigenvalue weighted by molar-refractivity contribution is 5.87. The average Bonchev–Trinajstić information content (AvgIpc) is 2.69. The minimum absolute atomic E-state index is 0.0216. The predicted octanol–water partition coefficient (Wildman–Crippen LogP) is 5.44. The molecule has 0 atom stereocenters. The molecule has 0 bridgehead atoms. The second-order valence-electron chi connectivity index (χ2n) is 6.17. The van der Waals surface area contributed by atoms with Gasteiger partial charge in [-0.2, -0.15) is 0 Å². The highest BCUT2D eigenvalue weighted by Gasteiger charge is 2.14. The van der Waals surface area contributed by atoms with Gasteiger partial charge >= 0.3 is 0 Å². The lowest BCUT2D eigenvalue weighted by Gasteiger charge is -2.09. The van der Waals surface area contributed by atoms with E-state index in [2.05, 4.69) is 0 Å². The minimum Gasteiger partial charge on any atom is -0.497 e. The lowest BCUT2D eigenvalue weighted by atomic mass is 9.99. The van der Waals surface area contributed by atoms with Crippen molar-refractivity contribution in [1.29, 1.82) is 0 Å². The molecule has 4 rings (SSSR count). The number of ether oxygens (including phenoxy) is 1. The summed E-state index contributed by atoms with van der Waals surface area (Å²) in [4.78, 5) is 13.2. The minimum atomic E-state index is -0.0216. The molecule has 3 nitrogen and oxygen atoms in total. The fourth-order valence-corrected chi connectivity index (χ4v) is 3.21. The smallest absolute Gasteiger partial charge is 0.200 e. The van der Waals surface area contributed by atoms with Crippen LogP contribution in [-0.2, 0) is 0 Å². The lowest BCUT2D eigenvalue weighted by Crippen LogP contribution is -2.07. The normalized spacial score (nSPS) is 10.8. The molecule has 0 aliphatic heterocycles. The first-order chi connectivity index (χ1) is 12.7. The maximum atomic E-state index is 13.2. The van der Waals surface area contributed by atoms with Crippen molar-refractivity contribution in [3.05, 3.63) is 88.8 Å². The SMILES string of the molecule is COc1ccc(-c2c(C)oc3ccc(-c4ccccc4)cc3c2=O)cc1. The van der Waals surface area contributed by atoms with Gasteiger partial charge in [0.1, 0.15) is 17.1 Å². The van der Waals surface area contributed by atoms with Crippen molar-refractivity contribution in [1.82, 2.24) is 0 Å². The first-order valence-electron chi connectivity index (χ1n) is 8.44. The van der Waals surface area contributed by atoms with Gasteiger partial charge in [0.2, 0.25) is 5.43 Å². The average molecular weight is 342 g/mol. The quantitative estimate of drug-likeness (QED) is 0.497. The summed E-state index contributed by atoms with van der Waals surface area (Å²) in [5.74, 6) is 1.36. The summed E-state index contributed by atoms with van der Waals surface area (Å²) < 4.78 is 11.1. The first-order valence-corrected chi connectivity index (χ1v) is 8.44. The summed E-state index contributed by atoms with van der Waals surface area (Å²) in [7, 11) is 1.62. The molecule has 0 radical (unpaired) electrons. The van der Waals surface area contributed by atoms with Crippen LogP contribution in [0.4, 0.5) is 0 Å². The Bertz CT molecular complexity index is 1120. The van der Waals surface area contributed by atoms with Crippen LogP contribution < -0.4 is 10.2 Å². The number of hydrogen-bond donors (Lipinski definition) is 0. The van der Waals surface area contributed by atoms with E-state index in [9.17, 15) is 4.79 Å². The third-order valence-corrected chi connectivity index (χ3v) is 4.55.